The van der Waals surface area contributed by atoms with Gasteiger partial charge in [0, 0.05) is 28.5 Å². The molecule has 0 saturated carbocycles. The second-order valence-electron chi connectivity index (χ2n) is 6.57. The molecular formula is C21H19ClN2O4S. The first kappa shape index (κ1) is 19.7. The number of nitrogens with one attached hydrogen (secondary N) is 1. The highest BCUT2D eigenvalue weighted by Gasteiger charge is 2.21. The summed E-state index contributed by atoms with van der Waals surface area (Å²) in [4.78, 5) is 27.9. The number of carbonyl (C=O) groups excluding carboxylic acids is 2. The third-order valence-electron chi connectivity index (χ3n) is 4.69. The molecule has 1 aliphatic heterocycles. The number of hydrogen-bond donors (Lipinski definition) is 1. The van der Waals surface area contributed by atoms with Gasteiger partial charge in [-0.05, 0) is 47.9 Å². The number of hydrogen-bond acceptors (Lipinski definition) is 5. The maximum Gasteiger partial charge on any atom is 0.264 e. The maximum absolute atomic E-state index is 12.7. The van der Waals surface area contributed by atoms with Gasteiger partial charge in [-0.15, -0.1) is 11.3 Å². The first-order valence-electron chi connectivity index (χ1n) is 9.10. The van der Waals surface area contributed by atoms with Crippen LogP contribution in [-0.2, 0) is 4.74 Å². The lowest BCUT2D eigenvalue weighted by molar-refractivity contribution is 0.0306. The summed E-state index contributed by atoms with van der Waals surface area (Å²) in [5.74, 6) is 0.147. The fourth-order valence-electron chi connectivity index (χ4n) is 3.20. The summed E-state index contributed by atoms with van der Waals surface area (Å²) in [6.07, 6.45) is 0. The van der Waals surface area contributed by atoms with Crippen molar-refractivity contribution < 1.29 is 19.1 Å². The smallest absolute Gasteiger partial charge is 0.264 e. The Kier molecular flexibility index (Phi) is 5.71. The minimum Gasteiger partial charge on any atom is -0.496 e. The topological polar surface area (TPSA) is 67.9 Å². The molecule has 4 rings (SSSR count). The van der Waals surface area contributed by atoms with Crippen molar-refractivity contribution in [3.05, 3.63) is 57.9 Å². The van der Waals surface area contributed by atoms with Crippen molar-refractivity contribution in [3.8, 4) is 5.75 Å². The minimum atomic E-state index is -0.316. The Morgan fingerprint density at radius 2 is 1.93 bits per heavy atom. The molecule has 2 heterocycles. The third-order valence-corrected chi connectivity index (χ3v) is 6.03. The average molecular weight is 431 g/mol. The molecule has 1 saturated heterocycles. The highest BCUT2D eigenvalue weighted by Crippen LogP contribution is 2.30. The lowest BCUT2D eigenvalue weighted by Gasteiger charge is -2.26. The van der Waals surface area contributed by atoms with Crippen LogP contribution in [0.5, 0.6) is 5.75 Å². The molecule has 2 aromatic carbocycles. The number of thiophene rings is 1. The van der Waals surface area contributed by atoms with Crippen molar-refractivity contribution in [3.63, 3.8) is 0 Å². The number of ether oxygens (including phenoxy) is 2. The molecule has 0 radical (unpaired) electrons. The summed E-state index contributed by atoms with van der Waals surface area (Å²) in [5, 5.41) is 4.23. The van der Waals surface area contributed by atoms with Crippen LogP contribution >= 0.6 is 22.9 Å². The van der Waals surface area contributed by atoms with E-state index in [0.29, 0.717) is 53.2 Å². The first-order chi connectivity index (χ1) is 14.0. The van der Waals surface area contributed by atoms with Crippen LogP contribution in [0.2, 0.25) is 5.02 Å². The fraction of sp³-hybridized carbons (Fsp3) is 0.238. The van der Waals surface area contributed by atoms with Crippen molar-refractivity contribution in [2.45, 2.75) is 0 Å². The number of rotatable bonds is 4. The Balaban J connectivity index is 1.55. The molecule has 0 bridgehead atoms. The molecule has 1 fully saturated rings. The molecule has 29 heavy (non-hydrogen) atoms. The van der Waals surface area contributed by atoms with Crippen LogP contribution in [0.1, 0.15) is 20.0 Å². The van der Waals surface area contributed by atoms with Gasteiger partial charge in [0.25, 0.3) is 11.8 Å². The Morgan fingerprint density at radius 1 is 1.14 bits per heavy atom. The van der Waals surface area contributed by atoms with Gasteiger partial charge in [-0.25, -0.2) is 0 Å². The summed E-state index contributed by atoms with van der Waals surface area (Å²) in [7, 11) is 1.50. The monoisotopic (exact) mass is 430 g/mol. The van der Waals surface area contributed by atoms with Gasteiger partial charge in [-0.2, -0.15) is 0 Å². The SMILES string of the molecule is COc1ccc(Cl)cc1C(=O)Nc1ccc2sc(C(=O)N3CCOCC3)cc2c1. The summed E-state index contributed by atoms with van der Waals surface area (Å²) >= 11 is 7.47. The van der Waals surface area contributed by atoms with Crippen LogP contribution < -0.4 is 10.1 Å². The molecule has 1 aromatic heterocycles. The van der Waals surface area contributed by atoms with Gasteiger partial charge in [-0.3, -0.25) is 9.59 Å². The molecule has 0 atom stereocenters. The average Bonchev–Trinajstić information content (AvgIpc) is 3.17. The number of nitrogens with zero attached hydrogens (tertiary/aromatic N) is 1. The predicted octanol–water partition coefficient (Wildman–Crippen LogP) is 4.29. The summed E-state index contributed by atoms with van der Waals surface area (Å²) in [6.45, 7) is 2.35. The summed E-state index contributed by atoms with van der Waals surface area (Å²) in [6, 6.07) is 12.3. The number of benzene rings is 2. The van der Waals surface area contributed by atoms with Gasteiger partial charge in [0.2, 0.25) is 0 Å². The molecule has 150 valence electrons. The molecule has 6 nitrogen and oxygen atoms in total. The zero-order valence-corrected chi connectivity index (χ0v) is 17.3. The number of carbonyl (C=O) groups is 2. The quantitative estimate of drug-likeness (QED) is 0.670. The molecule has 3 aromatic rings. The molecule has 0 spiro atoms. The summed E-state index contributed by atoms with van der Waals surface area (Å²) in [5.41, 5.74) is 0.987. The number of methoxy groups -OCH3 is 1. The van der Waals surface area contributed by atoms with Crippen molar-refractivity contribution in [2.24, 2.45) is 0 Å². The van der Waals surface area contributed by atoms with E-state index >= 15 is 0 Å². The number of fused-ring (bicyclic) bond motifs is 1. The van der Waals surface area contributed by atoms with E-state index in [1.807, 2.05) is 29.2 Å². The van der Waals surface area contributed by atoms with Gasteiger partial charge in [-0.1, -0.05) is 11.6 Å². The molecule has 0 aliphatic carbocycles. The molecule has 1 aliphatic rings. The highest BCUT2D eigenvalue weighted by molar-refractivity contribution is 7.20. The Bertz CT molecular complexity index is 1080. The zero-order valence-electron chi connectivity index (χ0n) is 15.7. The van der Waals surface area contributed by atoms with E-state index in [4.69, 9.17) is 21.1 Å². The van der Waals surface area contributed by atoms with Gasteiger partial charge in [0.1, 0.15) is 5.75 Å². The summed E-state index contributed by atoms with van der Waals surface area (Å²) < 4.78 is 11.5. The van der Waals surface area contributed by atoms with Gasteiger partial charge in [0.05, 0.1) is 30.8 Å². The Hall–Kier alpha value is -2.61. The third kappa shape index (κ3) is 4.22. The van der Waals surface area contributed by atoms with E-state index in [1.54, 1.807) is 18.2 Å². The van der Waals surface area contributed by atoms with Crippen molar-refractivity contribution in [1.29, 1.82) is 0 Å². The van der Waals surface area contributed by atoms with Crippen LogP contribution in [0.3, 0.4) is 0 Å². The van der Waals surface area contributed by atoms with E-state index in [0.717, 1.165) is 10.1 Å². The maximum atomic E-state index is 12.7. The van der Waals surface area contributed by atoms with E-state index in [2.05, 4.69) is 5.32 Å². The van der Waals surface area contributed by atoms with Gasteiger partial charge < -0.3 is 19.7 Å². The lowest BCUT2D eigenvalue weighted by atomic mass is 10.1. The van der Waals surface area contributed by atoms with E-state index in [9.17, 15) is 9.59 Å². The lowest BCUT2D eigenvalue weighted by Crippen LogP contribution is -2.40. The number of anilines is 1. The molecular weight excluding hydrogens is 412 g/mol. The fourth-order valence-corrected chi connectivity index (χ4v) is 4.39. The second-order valence-corrected chi connectivity index (χ2v) is 8.09. The predicted molar refractivity (Wildman–Crippen MR) is 115 cm³/mol. The van der Waals surface area contributed by atoms with E-state index < -0.39 is 0 Å². The van der Waals surface area contributed by atoms with E-state index in [1.165, 1.54) is 18.4 Å². The van der Waals surface area contributed by atoms with Crippen LogP contribution in [0, 0.1) is 0 Å². The van der Waals surface area contributed by atoms with Crippen molar-refractivity contribution in [1.82, 2.24) is 4.90 Å². The van der Waals surface area contributed by atoms with E-state index in [-0.39, 0.29) is 11.8 Å². The van der Waals surface area contributed by atoms with Crippen LogP contribution in [0.25, 0.3) is 10.1 Å². The number of amides is 2. The minimum absolute atomic E-state index is 0.0174. The standard InChI is InChI=1S/C21H19ClN2O4S/c1-27-17-4-2-14(22)12-16(17)20(25)23-15-3-5-18-13(10-15)11-19(29-18)21(26)24-6-8-28-9-7-24/h2-5,10-12H,6-9H2,1H3,(H,23,25). The number of halogens is 1. The van der Waals surface area contributed by atoms with Crippen LogP contribution in [-0.4, -0.2) is 50.1 Å². The highest BCUT2D eigenvalue weighted by atomic mass is 35.5. The second kappa shape index (κ2) is 8.41. The molecule has 0 unspecified atom stereocenters. The Labute approximate surface area is 177 Å². The van der Waals surface area contributed by atoms with Crippen LogP contribution in [0.4, 0.5) is 5.69 Å². The molecule has 1 N–H and O–H groups in total. The van der Waals surface area contributed by atoms with Gasteiger partial charge >= 0.3 is 0 Å². The normalized spacial score (nSPS) is 14.1. The van der Waals surface area contributed by atoms with Crippen molar-refractivity contribution >= 4 is 50.5 Å². The largest absolute Gasteiger partial charge is 0.496 e. The number of morpholine rings is 1. The van der Waals surface area contributed by atoms with Crippen molar-refractivity contribution in [2.75, 3.05) is 38.7 Å². The molecule has 8 heteroatoms. The van der Waals surface area contributed by atoms with Crippen LogP contribution in [0.15, 0.2) is 42.5 Å². The zero-order chi connectivity index (χ0) is 20.4. The Morgan fingerprint density at radius 3 is 2.69 bits per heavy atom. The molecule has 2 amide bonds. The first-order valence-corrected chi connectivity index (χ1v) is 10.3. The van der Waals surface area contributed by atoms with Gasteiger partial charge in [0.15, 0.2) is 0 Å².